The van der Waals surface area contributed by atoms with Gasteiger partial charge in [-0.3, -0.25) is 4.90 Å². The minimum Gasteiger partial charge on any atom is -0.375 e. The molecule has 0 radical (unpaired) electrons. The van der Waals surface area contributed by atoms with Crippen molar-refractivity contribution in [2.45, 2.75) is 69.6 Å². The van der Waals surface area contributed by atoms with Crippen LogP contribution in [0.3, 0.4) is 0 Å². The molecular formula is C15H28N2O. The molecule has 3 fully saturated rings. The Kier molecular flexibility index (Phi) is 3.92. The predicted molar refractivity (Wildman–Crippen MR) is 73.8 cm³/mol. The number of nitrogens with one attached hydrogen (secondary N) is 1. The minimum atomic E-state index is 0.285. The van der Waals surface area contributed by atoms with E-state index in [4.69, 9.17) is 4.74 Å². The SMILES string of the molecule is CC(CNC1CCOC2(CCC2)C1)N1CCCC1. The second-order valence-corrected chi connectivity index (χ2v) is 6.58. The highest BCUT2D eigenvalue weighted by molar-refractivity contribution is 4.96. The first-order valence-corrected chi connectivity index (χ1v) is 7.89. The molecule has 3 nitrogen and oxygen atoms in total. The van der Waals surface area contributed by atoms with Crippen LogP contribution in [0.5, 0.6) is 0 Å². The third-order valence-electron chi connectivity index (χ3n) is 5.22. The van der Waals surface area contributed by atoms with Crippen LogP contribution >= 0.6 is 0 Å². The molecule has 0 aromatic heterocycles. The molecule has 3 aliphatic rings. The highest BCUT2D eigenvalue weighted by atomic mass is 16.5. The van der Waals surface area contributed by atoms with Gasteiger partial charge in [0.05, 0.1) is 5.60 Å². The topological polar surface area (TPSA) is 24.5 Å². The molecule has 0 aromatic rings. The molecule has 0 amide bonds. The monoisotopic (exact) mass is 252 g/mol. The van der Waals surface area contributed by atoms with E-state index in [1.807, 2.05) is 0 Å². The normalized spacial score (nSPS) is 33.5. The summed E-state index contributed by atoms with van der Waals surface area (Å²) in [6.45, 7) is 7.11. The van der Waals surface area contributed by atoms with Gasteiger partial charge in [0.25, 0.3) is 0 Å². The Balaban J connectivity index is 1.42. The number of likely N-dealkylation sites (tertiary alicyclic amines) is 1. The fourth-order valence-electron chi connectivity index (χ4n) is 3.77. The Morgan fingerprint density at radius 1 is 1.28 bits per heavy atom. The van der Waals surface area contributed by atoms with Gasteiger partial charge in [-0.05, 0) is 65.0 Å². The van der Waals surface area contributed by atoms with E-state index < -0.39 is 0 Å². The van der Waals surface area contributed by atoms with Crippen molar-refractivity contribution in [3.63, 3.8) is 0 Å². The summed E-state index contributed by atoms with van der Waals surface area (Å²) in [7, 11) is 0. The quantitative estimate of drug-likeness (QED) is 0.830. The molecule has 3 heteroatoms. The van der Waals surface area contributed by atoms with Crippen LogP contribution in [-0.2, 0) is 4.74 Å². The van der Waals surface area contributed by atoms with Gasteiger partial charge in [0, 0.05) is 25.2 Å². The lowest BCUT2D eigenvalue weighted by molar-refractivity contribution is -0.135. The summed E-state index contributed by atoms with van der Waals surface area (Å²) in [6, 6.07) is 1.40. The van der Waals surface area contributed by atoms with E-state index in [0.29, 0.717) is 12.1 Å². The van der Waals surface area contributed by atoms with Crippen molar-refractivity contribution in [3.05, 3.63) is 0 Å². The van der Waals surface area contributed by atoms with E-state index in [0.717, 1.165) is 13.2 Å². The Hall–Kier alpha value is -0.120. The zero-order valence-electron chi connectivity index (χ0n) is 11.8. The van der Waals surface area contributed by atoms with Crippen LogP contribution in [-0.4, -0.2) is 48.8 Å². The van der Waals surface area contributed by atoms with Gasteiger partial charge < -0.3 is 10.1 Å². The van der Waals surface area contributed by atoms with Crippen molar-refractivity contribution in [3.8, 4) is 0 Å². The second-order valence-electron chi connectivity index (χ2n) is 6.58. The molecular weight excluding hydrogens is 224 g/mol. The first-order chi connectivity index (χ1) is 8.77. The molecule has 2 unspecified atom stereocenters. The van der Waals surface area contributed by atoms with Crippen molar-refractivity contribution in [1.29, 1.82) is 0 Å². The van der Waals surface area contributed by atoms with Crippen LogP contribution in [0.1, 0.15) is 51.9 Å². The Morgan fingerprint density at radius 3 is 2.72 bits per heavy atom. The van der Waals surface area contributed by atoms with Gasteiger partial charge in [0.1, 0.15) is 0 Å². The number of hydrogen-bond donors (Lipinski definition) is 1. The summed E-state index contributed by atoms with van der Waals surface area (Å²) in [4.78, 5) is 2.63. The third-order valence-corrected chi connectivity index (χ3v) is 5.22. The van der Waals surface area contributed by atoms with E-state index in [2.05, 4.69) is 17.1 Å². The second kappa shape index (κ2) is 5.48. The molecule has 18 heavy (non-hydrogen) atoms. The lowest BCUT2D eigenvalue weighted by Gasteiger charge is -2.47. The third kappa shape index (κ3) is 2.73. The summed E-state index contributed by atoms with van der Waals surface area (Å²) in [5, 5.41) is 3.80. The lowest BCUT2D eigenvalue weighted by atomic mass is 9.74. The largest absolute Gasteiger partial charge is 0.375 e. The summed E-state index contributed by atoms with van der Waals surface area (Å²) in [5.74, 6) is 0. The van der Waals surface area contributed by atoms with Gasteiger partial charge in [0.2, 0.25) is 0 Å². The molecule has 2 aliphatic heterocycles. The average molecular weight is 252 g/mol. The smallest absolute Gasteiger partial charge is 0.0697 e. The molecule has 1 saturated carbocycles. The summed E-state index contributed by atoms with van der Waals surface area (Å²) < 4.78 is 5.99. The molecule has 1 spiro atoms. The molecule has 2 heterocycles. The first kappa shape index (κ1) is 12.9. The zero-order valence-corrected chi connectivity index (χ0v) is 11.8. The molecule has 2 saturated heterocycles. The van der Waals surface area contributed by atoms with Gasteiger partial charge in [0.15, 0.2) is 0 Å². The average Bonchev–Trinajstić information content (AvgIpc) is 2.88. The molecule has 2 atom stereocenters. The van der Waals surface area contributed by atoms with Gasteiger partial charge >= 0.3 is 0 Å². The number of rotatable bonds is 4. The maximum atomic E-state index is 5.99. The fraction of sp³-hybridized carbons (Fsp3) is 1.00. The van der Waals surface area contributed by atoms with E-state index in [1.54, 1.807) is 0 Å². The molecule has 104 valence electrons. The van der Waals surface area contributed by atoms with E-state index in [1.165, 1.54) is 58.0 Å². The van der Waals surface area contributed by atoms with Crippen molar-refractivity contribution in [1.82, 2.24) is 10.2 Å². The van der Waals surface area contributed by atoms with Crippen LogP contribution in [0, 0.1) is 0 Å². The van der Waals surface area contributed by atoms with E-state index in [9.17, 15) is 0 Å². The van der Waals surface area contributed by atoms with E-state index in [-0.39, 0.29) is 5.60 Å². The number of ether oxygens (including phenoxy) is 1. The maximum absolute atomic E-state index is 5.99. The van der Waals surface area contributed by atoms with Gasteiger partial charge in [-0.15, -0.1) is 0 Å². The molecule has 1 aliphatic carbocycles. The molecule has 0 bridgehead atoms. The summed E-state index contributed by atoms with van der Waals surface area (Å²) in [5.41, 5.74) is 0.285. The van der Waals surface area contributed by atoms with Crippen molar-refractivity contribution in [2.75, 3.05) is 26.2 Å². The van der Waals surface area contributed by atoms with Crippen LogP contribution in [0.25, 0.3) is 0 Å². The molecule has 0 aromatic carbocycles. The van der Waals surface area contributed by atoms with Gasteiger partial charge in [-0.1, -0.05) is 0 Å². The van der Waals surface area contributed by atoms with Crippen LogP contribution < -0.4 is 5.32 Å². The van der Waals surface area contributed by atoms with Crippen molar-refractivity contribution < 1.29 is 4.74 Å². The number of hydrogen-bond acceptors (Lipinski definition) is 3. The predicted octanol–water partition coefficient (Wildman–Crippen LogP) is 2.16. The van der Waals surface area contributed by atoms with Gasteiger partial charge in [-0.25, -0.2) is 0 Å². The van der Waals surface area contributed by atoms with Crippen LogP contribution in [0.15, 0.2) is 0 Å². The van der Waals surface area contributed by atoms with Crippen LogP contribution in [0.4, 0.5) is 0 Å². The van der Waals surface area contributed by atoms with Crippen molar-refractivity contribution in [2.24, 2.45) is 0 Å². The molecule has 1 N–H and O–H groups in total. The van der Waals surface area contributed by atoms with Crippen LogP contribution in [0.2, 0.25) is 0 Å². The Morgan fingerprint density at radius 2 is 2.06 bits per heavy atom. The van der Waals surface area contributed by atoms with E-state index >= 15 is 0 Å². The highest BCUT2D eigenvalue weighted by Gasteiger charge is 2.42. The molecule has 3 rings (SSSR count). The first-order valence-electron chi connectivity index (χ1n) is 7.89. The Labute approximate surface area is 111 Å². The van der Waals surface area contributed by atoms with Gasteiger partial charge in [-0.2, -0.15) is 0 Å². The minimum absolute atomic E-state index is 0.285. The maximum Gasteiger partial charge on any atom is 0.0697 e. The Bertz CT molecular complexity index is 272. The standard InChI is InChI=1S/C15H28N2O/c1-13(17-8-2-3-9-17)12-16-14-5-10-18-15(11-14)6-4-7-15/h13-14,16H,2-12H2,1H3. The highest BCUT2D eigenvalue weighted by Crippen LogP contribution is 2.42. The van der Waals surface area contributed by atoms with Crippen molar-refractivity contribution >= 4 is 0 Å². The summed E-state index contributed by atoms with van der Waals surface area (Å²) in [6.07, 6.45) is 9.21. The number of nitrogens with zero attached hydrogens (tertiary/aromatic N) is 1. The fourth-order valence-corrected chi connectivity index (χ4v) is 3.77. The summed E-state index contributed by atoms with van der Waals surface area (Å²) >= 11 is 0. The lowest BCUT2D eigenvalue weighted by Crippen LogP contribution is -2.52. The zero-order chi connectivity index (χ0) is 12.4.